The number of aromatic nitrogens is 3. The Labute approximate surface area is 149 Å². The summed E-state index contributed by atoms with van der Waals surface area (Å²) < 4.78 is 0. The molecule has 0 amide bonds. The van der Waals surface area contributed by atoms with Gasteiger partial charge in [-0.3, -0.25) is 4.98 Å². The molecule has 0 radical (unpaired) electrons. The molecule has 0 spiro atoms. The Bertz CT molecular complexity index is 1100. The van der Waals surface area contributed by atoms with Crippen molar-refractivity contribution in [2.24, 2.45) is 5.11 Å². The smallest absolute Gasteiger partial charge is 0.162 e. The van der Waals surface area contributed by atoms with E-state index in [2.05, 4.69) is 25.3 Å². The summed E-state index contributed by atoms with van der Waals surface area (Å²) in [5, 5.41) is 7.83. The van der Waals surface area contributed by atoms with Crippen LogP contribution in [0.15, 0.2) is 78.2 Å². The van der Waals surface area contributed by atoms with Gasteiger partial charge >= 0.3 is 0 Å². The molecule has 0 fully saturated rings. The van der Waals surface area contributed by atoms with Gasteiger partial charge in [0.2, 0.25) is 0 Å². The number of para-hydroxylation sites is 1. The summed E-state index contributed by atoms with van der Waals surface area (Å²) in [5.41, 5.74) is 11.6. The normalized spacial score (nSPS) is 10.3. The molecule has 0 atom stereocenters. The van der Waals surface area contributed by atoms with Crippen molar-refractivity contribution in [2.45, 2.75) is 0 Å². The zero-order valence-electron chi connectivity index (χ0n) is 13.6. The van der Waals surface area contributed by atoms with Crippen LogP contribution in [0.4, 0.5) is 17.2 Å². The number of rotatable bonds is 4. The first-order valence-electron chi connectivity index (χ1n) is 7.93. The van der Waals surface area contributed by atoms with Crippen molar-refractivity contribution in [3.63, 3.8) is 0 Å². The molecule has 0 aliphatic rings. The molecule has 0 saturated heterocycles. The molecule has 0 bridgehead atoms. The fraction of sp³-hybridized carbons (Fsp3) is 0. The number of nitrogens with zero attached hydrogens (tertiary/aromatic N) is 6. The highest BCUT2D eigenvalue weighted by Crippen LogP contribution is 2.27. The molecule has 4 rings (SSSR count). The van der Waals surface area contributed by atoms with Gasteiger partial charge in [0.1, 0.15) is 5.82 Å². The third-order valence-corrected chi connectivity index (χ3v) is 3.83. The monoisotopic (exact) mass is 339 g/mol. The minimum absolute atomic E-state index is 0.558. The second-order valence-corrected chi connectivity index (χ2v) is 5.51. The summed E-state index contributed by atoms with van der Waals surface area (Å²) in [5.74, 6) is 1.33. The van der Waals surface area contributed by atoms with Gasteiger partial charge in [-0.25, -0.2) is 9.97 Å². The SMILES string of the molecule is [N-]=[N+]=Nc1ccc(Nc2nc(-c3ccncc3)nc3ccccc23)cc1. The van der Waals surface area contributed by atoms with Crippen LogP contribution >= 0.6 is 0 Å². The van der Waals surface area contributed by atoms with Crippen molar-refractivity contribution < 1.29 is 0 Å². The van der Waals surface area contributed by atoms with E-state index in [0.717, 1.165) is 22.2 Å². The molecule has 2 aromatic heterocycles. The first kappa shape index (κ1) is 15.6. The maximum atomic E-state index is 8.50. The third kappa shape index (κ3) is 3.15. The van der Waals surface area contributed by atoms with E-state index in [1.54, 1.807) is 24.5 Å². The summed E-state index contributed by atoms with van der Waals surface area (Å²) >= 11 is 0. The average Bonchev–Trinajstić information content (AvgIpc) is 2.70. The average molecular weight is 339 g/mol. The number of hydrogen-bond donors (Lipinski definition) is 1. The Morgan fingerprint density at radius 1 is 0.885 bits per heavy atom. The summed E-state index contributed by atoms with van der Waals surface area (Å²) in [4.78, 5) is 16.2. The highest BCUT2D eigenvalue weighted by molar-refractivity contribution is 5.92. The molecule has 26 heavy (non-hydrogen) atoms. The Balaban J connectivity index is 1.79. The first-order chi connectivity index (χ1) is 12.8. The predicted octanol–water partition coefficient (Wildman–Crippen LogP) is 5.38. The lowest BCUT2D eigenvalue weighted by Gasteiger charge is -2.11. The third-order valence-electron chi connectivity index (χ3n) is 3.83. The van der Waals surface area contributed by atoms with Gasteiger partial charge in [0.25, 0.3) is 0 Å². The maximum Gasteiger partial charge on any atom is 0.162 e. The molecule has 0 unspecified atom stereocenters. The van der Waals surface area contributed by atoms with Gasteiger partial charge in [-0.2, -0.15) is 0 Å². The van der Waals surface area contributed by atoms with Gasteiger partial charge in [-0.1, -0.05) is 29.4 Å². The number of benzene rings is 2. The van der Waals surface area contributed by atoms with E-state index in [1.807, 2.05) is 48.5 Å². The Kier molecular flexibility index (Phi) is 4.12. The summed E-state index contributed by atoms with van der Waals surface area (Å²) in [6.45, 7) is 0. The van der Waals surface area contributed by atoms with Gasteiger partial charge < -0.3 is 5.32 Å². The molecule has 124 valence electrons. The Hall–Kier alpha value is -3.96. The van der Waals surface area contributed by atoms with Crippen molar-refractivity contribution in [1.29, 1.82) is 0 Å². The van der Waals surface area contributed by atoms with Crippen LogP contribution in [0.5, 0.6) is 0 Å². The molecule has 1 N–H and O–H groups in total. The van der Waals surface area contributed by atoms with E-state index < -0.39 is 0 Å². The molecular formula is C19H13N7. The number of anilines is 2. The number of fused-ring (bicyclic) bond motifs is 1. The van der Waals surface area contributed by atoms with Gasteiger partial charge in [-0.05, 0) is 41.9 Å². The predicted molar refractivity (Wildman–Crippen MR) is 101 cm³/mol. The van der Waals surface area contributed by atoms with Crippen LogP contribution < -0.4 is 5.32 Å². The minimum atomic E-state index is 0.558. The summed E-state index contributed by atoms with van der Waals surface area (Å²) in [7, 11) is 0. The molecular weight excluding hydrogens is 326 g/mol. The first-order valence-corrected chi connectivity index (χ1v) is 7.93. The molecule has 0 aliphatic carbocycles. The lowest BCUT2D eigenvalue weighted by atomic mass is 10.2. The number of hydrogen-bond acceptors (Lipinski definition) is 5. The second-order valence-electron chi connectivity index (χ2n) is 5.51. The summed E-state index contributed by atoms with van der Waals surface area (Å²) in [6, 6.07) is 18.8. The zero-order chi connectivity index (χ0) is 17.8. The van der Waals surface area contributed by atoms with E-state index in [4.69, 9.17) is 10.5 Å². The largest absolute Gasteiger partial charge is 0.340 e. The topological polar surface area (TPSA) is 99.5 Å². The maximum absolute atomic E-state index is 8.50. The van der Waals surface area contributed by atoms with Crippen LogP contribution in [-0.4, -0.2) is 15.0 Å². The fourth-order valence-corrected chi connectivity index (χ4v) is 2.60. The minimum Gasteiger partial charge on any atom is -0.340 e. The van der Waals surface area contributed by atoms with Gasteiger partial charge in [0, 0.05) is 39.6 Å². The van der Waals surface area contributed by atoms with Crippen LogP contribution in [0.3, 0.4) is 0 Å². The van der Waals surface area contributed by atoms with Crippen LogP contribution in [0.2, 0.25) is 0 Å². The van der Waals surface area contributed by atoms with E-state index >= 15 is 0 Å². The molecule has 0 saturated carbocycles. The lowest BCUT2D eigenvalue weighted by Crippen LogP contribution is -1.99. The van der Waals surface area contributed by atoms with E-state index in [9.17, 15) is 0 Å². The molecule has 2 heterocycles. The highest BCUT2D eigenvalue weighted by Gasteiger charge is 2.09. The van der Waals surface area contributed by atoms with E-state index in [1.165, 1.54) is 0 Å². The Morgan fingerprint density at radius 3 is 2.42 bits per heavy atom. The van der Waals surface area contributed by atoms with Crippen LogP contribution in [0.1, 0.15) is 0 Å². The standard InChI is InChI=1S/C19H13N7/c20-26-25-15-7-5-14(6-8-15)22-19-16-3-1-2-4-17(16)23-18(24-19)13-9-11-21-12-10-13/h1-12H,(H,22,23,24). The van der Waals surface area contributed by atoms with Crippen molar-refractivity contribution in [3.05, 3.63) is 83.5 Å². The van der Waals surface area contributed by atoms with E-state index in [0.29, 0.717) is 17.3 Å². The van der Waals surface area contributed by atoms with Crippen LogP contribution in [0.25, 0.3) is 32.7 Å². The van der Waals surface area contributed by atoms with Gasteiger partial charge in [-0.15, -0.1) is 0 Å². The van der Waals surface area contributed by atoms with Crippen LogP contribution in [0, 0.1) is 0 Å². The van der Waals surface area contributed by atoms with Gasteiger partial charge in [0.05, 0.1) is 5.52 Å². The molecule has 7 heteroatoms. The van der Waals surface area contributed by atoms with Crippen LogP contribution in [-0.2, 0) is 0 Å². The van der Waals surface area contributed by atoms with Crippen molar-refractivity contribution in [3.8, 4) is 11.4 Å². The second kappa shape index (κ2) is 6.88. The van der Waals surface area contributed by atoms with Crippen molar-refractivity contribution in [1.82, 2.24) is 15.0 Å². The highest BCUT2D eigenvalue weighted by atomic mass is 15.1. The van der Waals surface area contributed by atoms with Crippen molar-refractivity contribution in [2.75, 3.05) is 5.32 Å². The van der Waals surface area contributed by atoms with E-state index in [-0.39, 0.29) is 0 Å². The molecule has 2 aromatic carbocycles. The zero-order valence-corrected chi connectivity index (χ0v) is 13.6. The quantitative estimate of drug-likeness (QED) is 0.306. The Morgan fingerprint density at radius 2 is 1.65 bits per heavy atom. The molecule has 4 aromatic rings. The number of nitrogens with one attached hydrogen (secondary N) is 1. The van der Waals surface area contributed by atoms with Crippen molar-refractivity contribution >= 4 is 28.1 Å². The molecule has 0 aliphatic heterocycles. The summed E-state index contributed by atoms with van der Waals surface area (Å²) in [6.07, 6.45) is 3.44. The lowest BCUT2D eigenvalue weighted by molar-refractivity contribution is 1.21. The number of azide groups is 1. The number of pyridine rings is 1. The van der Waals surface area contributed by atoms with Gasteiger partial charge in [0.15, 0.2) is 5.82 Å². The fourth-order valence-electron chi connectivity index (χ4n) is 2.60. The molecule has 7 nitrogen and oxygen atoms in total.